The number of hydrogen-bond donors (Lipinski definition) is 0. The van der Waals surface area contributed by atoms with E-state index in [-0.39, 0.29) is 12.1 Å². The highest BCUT2D eigenvalue weighted by Gasteiger charge is 2.18. The molecule has 1 aliphatic rings. The largest absolute Gasteiger partial charge is 0.463 e. The van der Waals surface area contributed by atoms with Crippen molar-refractivity contribution in [1.82, 2.24) is 0 Å². The number of carbonyl (C=O) groups is 1. The van der Waals surface area contributed by atoms with Gasteiger partial charge in [-0.15, -0.1) is 0 Å². The van der Waals surface area contributed by atoms with Crippen LogP contribution in [0, 0.1) is 0 Å². The summed E-state index contributed by atoms with van der Waals surface area (Å²) in [5.41, 5.74) is 2.09. The lowest BCUT2D eigenvalue weighted by Crippen LogP contribution is -2.22. The SMILES string of the molecule is C=C1CCOC(C(C)=CC(=O)OCC)C1. The molecule has 0 spiro atoms. The zero-order chi connectivity index (χ0) is 11.3. The molecule has 3 nitrogen and oxygen atoms in total. The van der Waals surface area contributed by atoms with E-state index < -0.39 is 0 Å². The monoisotopic (exact) mass is 210 g/mol. The summed E-state index contributed by atoms with van der Waals surface area (Å²) in [6, 6.07) is 0. The number of rotatable bonds is 3. The van der Waals surface area contributed by atoms with Crippen LogP contribution in [-0.2, 0) is 14.3 Å². The molecule has 0 aliphatic carbocycles. The number of carbonyl (C=O) groups excluding carboxylic acids is 1. The van der Waals surface area contributed by atoms with Crippen LogP contribution in [0.15, 0.2) is 23.8 Å². The lowest BCUT2D eigenvalue weighted by atomic mass is 9.99. The van der Waals surface area contributed by atoms with Gasteiger partial charge in [-0.25, -0.2) is 4.79 Å². The highest BCUT2D eigenvalue weighted by Crippen LogP contribution is 2.22. The molecule has 0 aromatic heterocycles. The number of esters is 1. The summed E-state index contributed by atoms with van der Waals surface area (Å²) < 4.78 is 10.4. The van der Waals surface area contributed by atoms with E-state index in [4.69, 9.17) is 9.47 Å². The van der Waals surface area contributed by atoms with E-state index >= 15 is 0 Å². The van der Waals surface area contributed by atoms with Gasteiger partial charge in [-0.1, -0.05) is 12.2 Å². The topological polar surface area (TPSA) is 35.5 Å². The molecule has 1 saturated heterocycles. The first-order valence-electron chi connectivity index (χ1n) is 5.26. The van der Waals surface area contributed by atoms with E-state index in [9.17, 15) is 4.79 Å². The zero-order valence-electron chi connectivity index (χ0n) is 9.41. The molecule has 1 fully saturated rings. The van der Waals surface area contributed by atoms with Crippen molar-refractivity contribution >= 4 is 5.97 Å². The first kappa shape index (κ1) is 12.0. The minimum Gasteiger partial charge on any atom is -0.463 e. The van der Waals surface area contributed by atoms with Crippen LogP contribution in [-0.4, -0.2) is 25.3 Å². The number of ether oxygens (including phenoxy) is 2. The maximum atomic E-state index is 11.2. The Labute approximate surface area is 90.8 Å². The standard InChI is InChI=1S/C12H18O3/c1-4-14-12(13)8-10(3)11-7-9(2)5-6-15-11/h8,11H,2,4-7H2,1,3H3. The van der Waals surface area contributed by atoms with Crippen LogP contribution in [0.2, 0.25) is 0 Å². The summed E-state index contributed by atoms with van der Waals surface area (Å²) in [4.78, 5) is 11.2. The Morgan fingerprint density at radius 2 is 2.47 bits per heavy atom. The molecule has 15 heavy (non-hydrogen) atoms. The van der Waals surface area contributed by atoms with Crippen molar-refractivity contribution in [2.75, 3.05) is 13.2 Å². The zero-order valence-corrected chi connectivity index (χ0v) is 9.41. The normalized spacial score (nSPS) is 22.7. The molecule has 0 aromatic rings. The van der Waals surface area contributed by atoms with E-state index in [0.717, 1.165) is 18.4 Å². The van der Waals surface area contributed by atoms with Crippen molar-refractivity contribution < 1.29 is 14.3 Å². The lowest BCUT2D eigenvalue weighted by Gasteiger charge is -2.24. The second-order valence-electron chi connectivity index (χ2n) is 3.70. The van der Waals surface area contributed by atoms with E-state index in [1.807, 2.05) is 6.92 Å². The van der Waals surface area contributed by atoms with Gasteiger partial charge in [-0.3, -0.25) is 0 Å². The summed E-state index contributed by atoms with van der Waals surface area (Å²) in [5, 5.41) is 0. The predicted molar refractivity (Wildman–Crippen MR) is 58.5 cm³/mol. The van der Waals surface area contributed by atoms with E-state index in [0.29, 0.717) is 13.2 Å². The summed E-state index contributed by atoms with van der Waals surface area (Å²) >= 11 is 0. The second kappa shape index (κ2) is 5.71. The molecular weight excluding hydrogens is 192 g/mol. The Hall–Kier alpha value is -1.09. The molecule has 0 saturated carbocycles. The van der Waals surface area contributed by atoms with E-state index in [1.54, 1.807) is 6.92 Å². The van der Waals surface area contributed by atoms with Crippen molar-refractivity contribution in [3.63, 3.8) is 0 Å². The van der Waals surface area contributed by atoms with Crippen molar-refractivity contribution in [2.24, 2.45) is 0 Å². The highest BCUT2D eigenvalue weighted by molar-refractivity contribution is 5.82. The molecule has 1 unspecified atom stereocenters. The fraction of sp³-hybridized carbons (Fsp3) is 0.583. The molecule has 0 amide bonds. The van der Waals surface area contributed by atoms with Crippen molar-refractivity contribution in [3.8, 4) is 0 Å². The molecule has 1 aliphatic heterocycles. The summed E-state index contributed by atoms with van der Waals surface area (Å²) in [5.74, 6) is -0.296. The maximum Gasteiger partial charge on any atom is 0.330 e. The minimum atomic E-state index is -0.296. The van der Waals surface area contributed by atoms with Crippen LogP contribution in [0.4, 0.5) is 0 Å². The van der Waals surface area contributed by atoms with E-state index in [2.05, 4.69) is 6.58 Å². The van der Waals surface area contributed by atoms with Crippen molar-refractivity contribution in [2.45, 2.75) is 32.8 Å². The van der Waals surface area contributed by atoms with Gasteiger partial charge in [0.15, 0.2) is 0 Å². The Kier molecular flexibility index (Phi) is 4.56. The minimum absolute atomic E-state index is 0.00402. The highest BCUT2D eigenvalue weighted by atomic mass is 16.5. The quantitative estimate of drug-likeness (QED) is 0.407. The van der Waals surface area contributed by atoms with Gasteiger partial charge in [0.25, 0.3) is 0 Å². The van der Waals surface area contributed by atoms with Gasteiger partial charge in [0.2, 0.25) is 0 Å². The molecule has 3 heteroatoms. The number of hydrogen-bond acceptors (Lipinski definition) is 3. The van der Waals surface area contributed by atoms with Gasteiger partial charge >= 0.3 is 5.97 Å². The second-order valence-corrected chi connectivity index (χ2v) is 3.70. The van der Waals surface area contributed by atoms with Crippen LogP contribution in [0.1, 0.15) is 26.7 Å². The van der Waals surface area contributed by atoms with Crippen LogP contribution < -0.4 is 0 Å². The molecule has 1 rings (SSSR count). The lowest BCUT2D eigenvalue weighted by molar-refractivity contribution is -0.137. The summed E-state index contributed by atoms with van der Waals surface area (Å²) in [6.45, 7) is 8.72. The van der Waals surface area contributed by atoms with Crippen LogP contribution in [0.25, 0.3) is 0 Å². The van der Waals surface area contributed by atoms with Crippen molar-refractivity contribution in [1.29, 1.82) is 0 Å². The Morgan fingerprint density at radius 1 is 1.73 bits per heavy atom. The van der Waals surface area contributed by atoms with Gasteiger partial charge in [-0.05, 0) is 32.3 Å². The third-order valence-electron chi connectivity index (χ3n) is 2.39. The molecule has 0 bridgehead atoms. The Morgan fingerprint density at radius 3 is 3.07 bits per heavy atom. The van der Waals surface area contributed by atoms with Gasteiger partial charge in [0.05, 0.1) is 19.3 Å². The van der Waals surface area contributed by atoms with Crippen LogP contribution in [0.3, 0.4) is 0 Å². The van der Waals surface area contributed by atoms with Gasteiger partial charge in [0.1, 0.15) is 0 Å². The average Bonchev–Trinajstić information content (AvgIpc) is 2.18. The molecule has 0 aromatic carbocycles. The van der Waals surface area contributed by atoms with Gasteiger partial charge in [0, 0.05) is 6.08 Å². The third kappa shape index (κ3) is 3.88. The maximum absolute atomic E-state index is 11.2. The van der Waals surface area contributed by atoms with Crippen LogP contribution >= 0.6 is 0 Å². The Balaban J connectivity index is 2.54. The fourth-order valence-corrected chi connectivity index (χ4v) is 1.52. The summed E-state index contributed by atoms with van der Waals surface area (Å²) in [7, 11) is 0. The van der Waals surface area contributed by atoms with E-state index in [1.165, 1.54) is 11.6 Å². The molecule has 0 N–H and O–H groups in total. The van der Waals surface area contributed by atoms with Gasteiger partial charge in [-0.2, -0.15) is 0 Å². The van der Waals surface area contributed by atoms with Crippen molar-refractivity contribution in [3.05, 3.63) is 23.8 Å². The van der Waals surface area contributed by atoms with Gasteiger partial charge < -0.3 is 9.47 Å². The fourth-order valence-electron chi connectivity index (χ4n) is 1.52. The molecule has 1 atom stereocenters. The molecule has 84 valence electrons. The molecule has 0 radical (unpaired) electrons. The molecule has 1 heterocycles. The first-order valence-corrected chi connectivity index (χ1v) is 5.26. The van der Waals surface area contributed by atoms with Crippen LogP contribution in [0.5, 0.6) is 0 Å². The smallest absolute Gasteiger partial charge is 0.330 e. The third-order valence-corrected chi connectivity index (χ3v) is 2.39. The predicted octanol–water partition coefficient (Wildman–Crippen LogP) is 2.23. The average molecular weight is 210 g/mol. The Bertz CT molecular complexity index is 279. The first-order chi connectivity index (χ1) is 7.13. The molecular formula is C12H18O3. The summed E-state index contributed by atoms with van der Waals surface area (Å²) in [6.07, 6.45) is 3.23.